The van der Waals surface area contributed by atoms with Gasteiger partial charge in [-0.05, 0) is 88.6 Å². The van der Waals surface area contributed by atoms with Gasteiger partial charge in [0.05, 0.1) is 11.0 Å². The summed E-state index contributed by atoms with van der Waals surface area (Å²) in [5.41, 5.74) is 8.07. The van der Waals surface area contributed by atoms with Crippen molar-refractivity contribution in [2.24, 2.45) is 0 Å². The maximum absolute atomic E-state index is 15.4. The molecule has 0 atom stereocenters. The number of anilines is 3. The van der Waals surface area contributed by atoms with E-state index in [9.17, 15) is 0 Å². The molecule has 2 aromatic heterocycles. The second-order valence-electron chi connectivity index (χ2n) is 12.7. The van der Waals surface area contributed by atoms with Gasteiger partial charge in [-0.15, -0.1) is 11.3 Å². The van der Waals surface area contributed by atoms with Crippen LogP contribution in [0.4, 0.5) is 21.5 Å². The van der Waals surface area contributed by atoms with Crippen molar-refractivity contribution in [3.63, 3.8) is 0 Å². The third-order valence-corrected chi connectivity index (χ3v) is 11.1. The van der Waals surface area contributed by atoms with E-state index in [2.05, 4.69) is 150 Å². The lowest BCUT2D eigenvalue weighted by molar-refractivity contribution is 0.635. The van der Waals surface area contributed by atoms with Gasteiger partial charge in [0.25, 0.3) is 0 Å². The molecule has 10 rings (SSSR count). The summed E-state index contributed by atoms with van der Waals surface area (Å²) in [5.74, 6) is -0.230. The molecule has 0 spiro atoms. The normalized spacial score (nSPS) is 11.7. The zero-order valence-electron chi connectivity index (χ0n) is 26.9. The van der Waals surface area contributed by atoms with Gasteiger partial charge in [0.1, 0.15) is 5.82 Å². The Hall–Kier alpha value is -6.23. The second kappa shape index (κ2) is 11.4. The average Bonchev–Trinajstić information content (AvgIpc) is 3.73. The minimum Gasteiger partial charge on any atom is -0.310 e. The van der Waals surface area contributed by atoms with Gasteiger partial charge in [-0.2, -0.15) is 0 Å². The first-order valence-electron chi connectivity index (χ1n) is 16.8. The number of nitrogens with zero attached hydrogens (tertiary/aromatic N) is 2. The van der Waals surface area contributed by atoms with Crippen LogP contribution < -0.4 is 4.90 Å². The minimum absolute atomic E-state index is 0.230. The maximum Gasteiger partial charge on any atom is 0.147 e. The Labute approximate surface area is 292 Å². The van der Waals surface area contributed by atoms with E-state index < -0.39 is 0 Å². The van der Waals surface area contributed by atoms with Crippen LogP contribution in [0.15, 0.2) is 176 Å². The predicted molar refractivity (Wildman–Crippen MR) is 211 cm³/mol. The number of thiophene rings is 1. The fraction of sp³-hybridized carbons (Fsp3) is 0. The highest BCUT2D eigenvalue weighted by Gasteiger charge is 2.18. The second-order valence-corrected chi connectivity index (χ2v) is 13.8. The molecule has 236 valence electrons. The molecule has 0 radical (unpaired) electrons. The van der Waals surface area contributed by atoms with Crippen LogP contribution in [0.2, 0.25) is 0 Å². The molecule has 0 saturated carbocycles. The largest absolute Gasteiger partial charge is 0.310 e. The molecule has 2 nitrogen and oxygen atoms in total. The lowest BCUT2D eigenvalue weighted by atomic mass is 10.0. The van der Waals surface area contributed by atoms with Gasteiger partial charge in [0, 0.05) is 53.7 Å². The number of aromatic nitrogens is 1. The fourth-order valence-corrected chi connectivity index (χ4v) is 8.76. The first-order valence-corrected chi connectivity index (χ1v) is 17.6. The summed E-state index contributed by atoms with van der Waals surface area (Å²) in [5, 5.41) is 6.94. The summed E-state index contributed by atoms with van der Waals surface area (Å²) in [6.07, 6.45) is 0. The molecule has 0 saturated heterocycles. The Bertz CT molecular complexity index is 2880. The summed E-state index contributed by atoms with van der Waals surface area (Å²) in [6.45, 7) is 0. The maximum atomic E-state index is 15.4. The molecule has 0 unspecified atom stereocenters. The summed E-state index contributed by atoms with van der Waals surface area (Å²) < 4.78 is 20.1. The van der Waals surface area contributed by atoms with E-state index in [-0.39, 0.29) is 5.82 Å². The zero-order chi connectivity index (χ0) is 33.2. The van der Waals surface area contributed by atoms with Gasteiger partial charge in [-0.25, -0.2) is 4.39 Å². The molecule has 8 aromatic carbocycles. The van der Waals surface area contributed by atoms with Crippen molar-refractivity contribution in [2.75, 3.05) is 4.90 Å². The highest BCUT2D eigenvalue weighted by Crippen LogP contribution is 2.42. The Kier molecular flexibility index (Phi) is 6.58. The number of benzene rings is 8. The van der Waals surface area contributed by atoms with Crippen LogP contribution in [0, 0.1) is 5.82 Å². The predicted octanol–water partition coefficient (Wildman–Crippen LogP) is 13.6. The number of rotatable bonds is 5. The molecule has 10 aromatic rings. The summed E-state index contributed by atoms with van der Waals surface area (Å²) in [6, 6.07) is 61.2. The number of hydrogen-bond acceptors (Lipinski definition) is 2. The van der Waals surface area contributed by atoms with Crippen molar-refractivity contribution < 1.29 is 4.39 Å². The standard InChI is InChI=1S/C46H29FN2S/c47-42-16-8-14-40-38-11-3-5-17-43(38)49(45(40)42)35-27-25-34(26-28-35)48(36-24-19-30-9-1-2-10-32(30)29-36)33-22-20-31(21-23-33)37-13-7-15-41-39-12-4-6-18-44(39)50-46(37)41/h1-29H. The van der Waals surface area contributed by atoms with Crippen LogP contribution in [0.5, 0.6) is 0 Å². The van der Waals surface area contributed by atoms with Gasteiger partial charge < -0.3 is 9.47 Å². The topological polar surface area (TPSA) is 8.17 Å². The molecule has 2 heterocycles. The quantitative estimate of drug-likeness (QED) is 0.178. The van der Waals surface area contributed by atoms with Crippen molar-refractivity contribution >= 4 is 81.1 Å². The Morgan fingerprint density at radius 1 is 0.480 bits per heavy atom. The Morgan fingerprint density at radius 3 is 1.96 bits per heavy atom. The Morgan fingerprint density at radius 2 is 1.12 bits per heavy atom. The van der Waals surface area contributed by atoms with Crippen LogP contribution in [-0.2, 0) is 0 Å². The third-order valence-electron chi connectivity index (χ3n) is 9.84. The summed E-state index contributed by atoms with van der Waals surface area (Å²) in [7, 11) is 0. The molecular formula is C46H29FN2S. The minimum atomic E-state index is -0.230. The van der Waals surface area contributed by atoms with Crippen molar-refractivity contribution in [1.29, 1.82) is 0 Å². The van der Waals surface area contributed by atoms with E-state index >= 15 is 4.39 Å². The number of para-hydroxylation sites is 2. The van der Waals surface area contributed by atoms with Crippen molar-refractivity contribution in [2.45, 2.75) is 0 Å². The SMILES string of the molecule is Fc1cccc2c3ccccc3n(-c3ccc(N(c4ccc(-c5cccc6c5sc5ccccc56)cc4)c4ccc5ccccc5c4)cc3)c12. The Balaban J connectivity index is 1.10. The molecule has 0 N–H and O–H groups in total. The van der Waals surface area contributed by atoms with Gasteiger partial charge in [-0.1, -0.05) is 109 Å². The highest BCUT2D eigenvalue weighted by molar-refractivity contribution is 7.26. The molecule has 50 heavy (non-hydrogen) atoms. The summed E-state index contributed by atoms with van der Waals surface area (Å²) in [4.78, 5) is 2.30. The lowest BCUT2D eigenvalue weighted by Crippen LogP contribution is -2.10. The van der Waals surface area contributed by atoms with Gasteiger partial charge in [0.15, 0.2) is 0 Å². The van der Waals surface area contributed by atoms with Crippen LogP contribution in [0.1, 0.15) is 0 Å². The average molecular weight is 661 g/mol. The van der Waals surface area contributed by atoms with E-state index in [1.165, 1.54) is 42.1 Å². The molecule has 0 aliphatic heterocycles. The highest BCUT2D eigenvalue weighted by atomic mass is 32.1. The monoisotopic (exact) mass is 660 g/mol. The third kappa shape index (κ3) is 4.53. The lowest BCUT2D eigenvalue weighted by Gasteiger charge is -2.26. The van der Waals surface area contributed by atoms with Crippen molar-refractivity contribution in [3.8, 4) is 16.8 Å². The van der Waals surface area contributed by atoms with Gasteiger partial charge >= 0.3 is 0 Å². The van der Waals surface area contributed by atoms with E-state index in [4.69, 9.17) is 0 Å². The summed E-state index contributed by atoms with van der Waals surface area (Å²) >= 11 is 1.85. The number of hydrogen-bond donors (Lipinski definition) is 0. The van der Waals surface area contributed by atoms with E-state index in [0.29, 0.717) is 5.52 Å². The van der Waals surface area contributed by atoms with E-state index in [1.807, 2.05) is 34.1 Å². The number of halogens is 1. The fourth-order valence-electron chi connectivity index (χ4n) is 7.52. The van der Waals surface area contributed by atoms with Gasteiger partial charge in [-0.3, -0.25) is 0 Å². The van der Waals surface area contributed by atoms with Crippen LogP contribution in [0.3, 0.4) is 0 Å². The van der Waals surface area contributed by atoms with Crippen LogP contribution in [0.25, 0.3) is 69.6 Å². The van der Waals surface area contributed by atoms with Gasteiger partial charge in [0.2, 0.25) is 0 Å². The first-order chi connectivity index (χ1) is 24.7. The molecule has 0 aliphatic rings. The van der Waals surface area contributed by atoms with E-state index in [0.717, 1.165) is 39.0 Å². The van der Waals surface area contributed by atoms with Crippen molar-refractivity contribution in [1.82, 2.24) is 4.57 Å². The zero-order valence-corrected chi connectivity index (χ0v) is 27.7. The molecule has 0 fully saturated rings. The first kappa shape index (κ1) is 28.8. The molecule has 0 bridgehead atoms. The molecule has 0 amide bonds. The van der Waals surface area contributed by atoms with Crippen LogP contribution >= 0.6 is 11.3 Å². The molecule has 4 heteroatoms. The van der Waals surface area contributed by atoms with Crippen LogP contribution in [-0.4, -0.2) is 4.57 Å². The van der Waals surface area contributed by atoms with E-state index in [1.54, 1.807) is 12.1 Å². The number of fused-ring (bicyclic) bond motifs is 7. The smallest absolute Gasteiger partial charge is 0.147 e. The molecule has 0 aliphatic carbocycles. The van der Waals surface area contributed by atoms with Crippen molar-refractivity contribution in [3.05, 3.63) is 182 Å². The molecular weight excluding hydrogens is 632 g/mol.